The number of ether oxygens (including phenoxy) is 1. The number of imidazole rings is 1. The van der Waals surface area contributed by atoms with Gasteiger partial charge in [-0.2, -0.15) is 0 Å². The van der Waals surface area contributed by atoms with Gasteiger partial charge in [-0.3, -0.25) is 9.78 Å². The summed E-state index contributed by atoms with van der Waals surface area (Å²) in [6, 6.07) is 0. The molecule has 0 amide bonds. The third-order valence-electron chi connectivity index (χ3n) is 1.62. The van der Waals surface area contributed by atoms with Gasteiger partial charge in [0.15, 0.2) is 0 Å². The molecule has 0 aliphatic heterocycles. The van der Waals surface area contributed by atoms with Gasteiger partial charge in [-0.15, -0.1) is 11.3 Å². The summed E-state index contributed by atoms with van der Waals surface area (Å²) in [5.74, 6) is 0. The van der Waals surface area contributed by atoms with E-state index in [2.05, 4.69) is 14.7 Å². The lowest BCUT2D eigenvalue weighted by atomic mass is 10.5. The number of hydrogen-bond donors (Lipinski definition) is 0. The largest absolute Gasteiger partial charge is 0.468 e. The first kappa shape index (κ1) is 12.4. The van der Waals surface area contributed by atoms with Crippen molar-refractivity contribution in [3.8, 4) is 0 Å². The van der Waals surface area contributed by atoms with E-state index in [1.54, 1.807) is 30.8 Å². The summed E-state index contributed by atoms with van der Waals surface area (Å²) in [6.45, 7) is 3.54. The van der Waals surface area contributed by atoms with E-state index in [1.807, 2.05) is 22.5 Å². The van der Waals surface area contributed by atoms with E-state index < -0.39 is 0 Å². The minimum absolute atomic E-state index is 0.431. The first-order chi connectivity index (χ1) is 7.86. The summed E-state index contributed by atoms with van der Waals surface area (Å²) in [5.41, 5.74) is 1.84. The van der Waals surface area contributed by atoms with E-state index in [9.17, 15) is 4.79 Å². The fourth-order valence-corrected chi connectivity index (χ4v) is 1.55. The molecular weight excluding hydrogens is 226 g/mol. The second kappa shape index (κ2) is 7.58. The number of rotatable bonds is 4. The zero-order valence-electron chi connectivity index (χ0n) is 8.94. The van der Waals surface area contributed by atoms with Crippen LogP contribution in [-0.2, 0) is 16.1 Å². The lowest BCUT2D eigenvalue weighted by molar-refractivity contribution is -0.128. The summed E-state index contributed by atoms with van der Waals surface area (Å²) >= 11 is 1.66. The number of aromatic nitrogens is 3. The molecule has 86 valence electrons. The van der Waals surface area contributed by atoms with Crippen LogP contribution in [0, 0.1) is 0 Å². The van der Waals surface area contributed by atoms with Crippen molar-refractivity contribution in [2.45, 2.75) is 13.5 Å². The Morgan fingerprint density at radius 2 is 2.44 bits per heavy atom. The Balaban J connectivity index is 0.000000221. The SMILES string of the molecule is CCOC=O.c1cn(Cc2cncs2)cn1. The molecular formula is C10H13N3O2S. The maximum atomic E-state index is 9.18. The summed E-state index contributed by atoms with van der Waals surface area (Å²) in [7, 11) is 0. The Hall–Kier alpha value is -1.69. The van der Waals surface area contributed by atoms with E-state index in [-0.39, 0.29) is 0 Å². The van der Waals surface area contributed by atoms with E-state index in [4.69, 9.17) is 0 Å². The molecule has 0 saturated carbocycles. The van der Waals surface area contributed by atoms with Crippen molar-refractivity contribution in [1.29, 1.82) is 0 Å². The Kier molecular flexibility index (Phi) is 5.87. The highest BCUT2D eigenvalue weighted by molar-refractivity contribution is 7.09. The first-order valence-corrected chi connectivity index (χ1v) is 5.63. The van der Waals surface area contributed by atoms with Crippen molar-refractivity contribution < 1.29 is 9.53 Å². The molecule has 5 nitrogen and oxygen atoms in total. The molecule has 0 atom stereocenters. The molecule has 0 aliphatic rings. The van der Waals surface area contributed by atoms with Crippen LogP contribution in [0.25, 0.3) is 0 Å². The molecule has 0 aliphatic carbocycles. The molecule has 6 heteroatoms. The summed E-state index contributed by atoms with van der Waals surface area (Å²) in [4.78, 5) is 18.4. The van der Waals surface area contributed by atoms with Crippen LogP contribution in [0.5, 0.6) is 0 Å². The fraction of sp³-hybridized carbons (Fsp3) is 0.300. The molecule has 0 fully saturated rings. The average molecular weight is 239 g/mol. The molecule has 0 unspecified atom stereocenters. The molecule has 2 heterocycles. The number of hydrogen-bond acceptors (Lipinski definition) is 5. The predicted molar refractivity (Wildman–Crippen MR) is 61.1 cm³/mol. The maximum absolute atomic E-state index is 9.18. The highest BCUT2D eigenvalue weighted by atomic mass is 32.1. The molecule has 0 bridgehead atoms. The molecule has 0 radical (unpaired) electrons. The van der Waals surface area contributed by atoms with Crippen LogP contribution >= 0.6 is 11.3 Å². The zero-order chi connectivity index (χ0) is 11.6. The van der Waals surface area contributed by atoms with Crippen LogP contribution in [0.2, 0.25) is 0 Å². The van der Waals surface area contributed by atoms with Gasteiger partial charge in [0.05, 0.1) is 25.0 Å². The second-order valence-electron chi connectivity index (χ2n) is 2.75. The molecule has 0 N–H and O–H groups in total. The smallest absolute Gasteiger partial charge is 0.293 e. The third-order valence-corrected chi connectivity index (χ3v) is 2.38. The zero-order valence-corrected chi connectivity index (χ0v) is 9.76. The van der Waals surface area contributed by atoms with Crippen LogP contribution < -0.4 is 0 Å². The third kappa shape index (κ3) is 4.70. The Morgan fingerprint density at radius 1 is 1.56 bits per heavy atom. The summed E-state index contributed by atoms with van der Waals surface area (Å²) in [6.07, 6.45) is 7.41. The fourth-order valence-electron chi connectivity index (χ4n) is 0.948. The Labute approximate surface area is 97.7 Å². The monoisotopic (exact) mass is 239 g/mol. The quantitative estimate of drug-likeness (QED) is 0.760. The molecule has 0 spiro atoms. The first-order valence-electron chi connectivity index (χ1n) is 4.75. The number of nitrogens with zero attached hydrogens (tertiary/aromatic N) is 3. The molecule has 2 rings (SSSR count). The van der Waals surface area contributed by atoms with Gasteiger partial charge in [-0.05, 0) is 6.92 Å². The topological polar surface area (TPSA) is 57.0 Å². The number of carbonyl (C=O) groups is 1. The molecule has 0 aromatic carbocycles. The van der Waals surface area contributed by atoms with Crippen LogP contribution in [0.4, 0.5) is 0 Å². The highest BCUT2D eigenvalue weighted by Crippen LogP contribution is 2.06. The van der Waals surface area contributed by atoms with Crippen molar-refractivity contribution in [3.05, 3.63) is 35.3 Å². The van der Waals surface area contributed by atoms with Crippen molar-refractivity contribution in [2.75, 3.05) is 6.61 Å². The van der Waals surface area contributed by atoms with Crippen LogP contribution in [-0.4, -0.2) is 27.6 Å². The van der Waals surface area contributed by atoms with Gasteiger partial charge < -0.3 is 9.30 Å². The minimum Gasteiger partial charge on any atom is -0.468 e. The summed E-state index contributed by atoms with van der Waals surface area (Å²) < 4.78 is 6.17. The molecule has 16 heavy (non-hydrogen) atoms. The van der Waals surface area contributed by atoms with Crippen LogP contribution in [0.3, 0.4) is 0 Å². The van der Waals surface area contributed by atoms with Gasteiger partial charge >= 0.3 is 0 Å². The van der Waals surface area contributed by atoms with Gasteiger partial charge in [0.25, 0.3) is 6.47 Å². The maximum Gasteiger partial charge on any atom is 0.293 e. The lowest BCUT2D eigenvalue weighted by Crippen LogP contribution is -1.92. The molecule has 0 saturated heterocycles. The van der Waals surface area contributed by atoms with Crippen molar-refractivity contribution in [3.63, 3.8) is 0 Å². The molecule has 2 aromatic rings. The number of thiazole rings is 1. The predicted octanol–water partition coefficient (Wildman–Crippen LogP) is 1.57. The van der Waals surface area contributed by atoms with Gasteiger partial charge in [0.2, 0.25) is 0 Å². The van der Waals surface area contributed by atoms with Crippen LogP contribution in [0.15, 0.2) is 30.4 Å². The molecule has 2 aromatic heterocycles. The Bertz CT molecular complexity index is 340. The standard InChI is InChI=1S/C7H7N3S.C3H6O2/c1-2-10(5-8-1)4-7-3-9-6-11-7;1-2-5-3-4/h1-3,5-6H,4H2;3H,2H2,1H3. The number of carbonyl (C=O) groups excluding carboxylic acids is 1. The average Bonchev–Trinajstić information content (AvgIpc) is 2.94. The van der Waals surface area contributed by atoms with Gasteiger partial charge in [0, 0.05) is 23.5 Å². The van der Waals surface area contributed by atoms with Gasteiger partial charge in [0.1, 0.15) is 0 Å². The van der Waals surface area contributed by atoms with Gasteiger partial charge in [-0.1, -0.05) is 0 Å². The van der Waals surface area contributed by atoms with E-state index >= 15 is 0 Å². The van der Waals surface area contributed by atoms with Crippen LogP contribution in [0.1, 0.15) is 11.8 Å². The van der Waals surface area contributed by atoms with E-state index in [1.165, 1.54) is 4.88 Å². The second-order valence-corrected chi connectivity index (χ2v) is 3.73. The van der Waals surface area contributed by atoms with Crippen molar-refractivity contribution in [2.24, 2.45) is 0 Å². The van der Waals surface area contributed by atoms with Gasteiger partial charge in [-0.25, -0.2) is 4.98 Å². The van der Waals surface area contributed by atoms with Crippen molar-refractivity contribution >= 4 is 17.8 Å². The van der Waals surface area contributed by atoms with E-state index in [0.717, 1.165) is 6.54 Å². The Morgan fingerprint density at radius 3 is 2.88 bits per heavy atom. The normalized spacial score (nSPS) is 9.06. The van der Waals surface area contributed by atoms with E-state index in [0.29, 0.717) is 13.1 Å². The minimum atomic E-state index is 0.431. The highest BCUT2D eigenvalue weighted by Gasteiger charge is 1.93. The lowest BCUT2D eigenvalue weighted by Gasteiger charge is -1.95. The van der Waals surface area contributed by atoms with Crippen molar-refractivity contribution in [1.82, 2.24) is 14.5 Å². The summed E-state index contributed by atoms with van der Waals surface area (Å²) in [5, 5.41) is 0.